The minimum Gasteiger partial charge on any atom is -0.390 e. The Bertz CT molecular complexity index is 2460. The van der Waals surface area contributed by atoms with Crippen molar-refractivity contribution < 1.29 is 71.2 Å². The SMILES string of the molecule is CC1(C)OC2[C@H](O1)[C@H](n1cnc3c(Cl)nc(Cl)nc31)[C@H]1C[C@@]21CP=O.CC1(C)O[C@@H]2C(CP=O)=CC(=O)[C@@H]2O1.CC1(C)O[C@@H]2[C@H](O1)C(CP=O)=C[C@@H]2O.CC1(C)O[C@H]2[C@@H](O)[C@H]3C[C@@]3(CP=O)[C@H]2O1. The number of carbonyl (C=O) groups excluding carboxylic acids is 1. The van der Waals surface area contributed by atoms with Crippen LogP contribution in [0.2, 0.25) is 10.4 Å². The lowest BCUT2D eigenvalue weighted by Gasteiger charge is -2.24. The predicted octanol–water partition coefficient (Wildman–Crippen LogP) is 7.09. The molecule has 370 valence electrons. The molecule has 4 saturated heterocycles. The van der Waals surface area contributed by atoms with Crippen molar-refractivity contribution in [2.45, 2.75) is 158 Å². The molecule has 12 rings (SSSR count). The van der Waals surface area contributed by atoms with Crippen molar-refractivity contribution in [3.63, 3.8) is 0 Å². The van der Waals surface area contributed by atoms with Crippen molar-refractivity contribution in [3.8, 4) is 0 Å². The molecule has 6 heterocycles. The highest BCUT2D eigenvalue weighted by Crippen LogP contribution is 2.72. The lowest BCUT2D eigenvalue weighted by Crippen LogP contribution is -2.33. The number of ether oxygens (including phenoxy) is 8. The van der Waals surface area contributed by atoms with Crippen LogP contribution in [0.4, 0.5) is 0 Å². The highest BCUT2D eigenvalue weighted by molar-refractivity contribution is 7.24. The van der Waals surface area contributed by atoms with Gasteiger partial charge in [0.15, 0.2) is 79.7 Å². The summed E-state index contributed by atoms with van der Waals surface area (Å²) in [5.74, 6) is -2.22. The number of fused-ring (bicyclic) bond motifs is 9. The van der Waals surface area contributed by atoms with E-state index in [1.165, 1.54) is 6.08 Å². The summed E-state index contributed by atoms with van der Waals surface area (Å²) in [7, 11) is 0.321. The van der Waals surface area contributed by atoms with E-state index in [9.17, 15) is 33.3 Å². The maximum Gasteiger partial charge on any atom is 0.225 e. The van der Waals surface area contributed by atoms with Gasteiger partial charge in [0.1, 0.15) is 42.1 Å². The Morgan fingerprint density at radius 2 is 1.19 bits per heavy atom. The average Bonchev–Trinajstić information content (AvgIpc) is 3.52. The number of aliphatic hydroxyl groups is 2. The van der Waals surface area contributed by atoms with Crippen LogP contribution in [0.5, 0.6) is 0 Å². The summed E-state index contributed by atoms with van der Waals surface area (Å²) >= 11 is 12.1. The molecular formula is C43H54Cl2N4O15P4. The number of nitrogens with zero attached hydrogens (tertiary/aromatic N) is 4. The molecule has 0 aromatic carbocycles. The number of ketones is 1. The predicted molar refractivity (Wildman–Crippen MR) is 244 cm³/mol. The van der Waals surface area contributed by atoms with Crippen molar-refractivity contribution in [1.29, 1.82) is 0 Å². The molecule has 4 aliphatic heterocycles. The number of halogens is 2. The van der Waals surface area contributed by atoms with Crippen LogP contribution in [0.1, 0.15) is 74.3 Å². The quantitative estimate of drug-likeness (QED) is 0.110. The van der Waals surface area contributed by atoms with Gasteiger partial charge in [-0.05, 0) is 109 Å². The van der Waals surface area contributed by atoms with Crippen molar-refractivity contribution in [3.05, 3.63) is 40.1 Å². The Morgan fingerprint density at radius 1 is 0.662 bits per heavy atom. The number of aliphatic hydroxyl groups excluding tert-OH is 2. The summed E-state index contributed by atoms with van der Waals surface area (Å²) in [6.07, 6.45) is 5.56. The third-order valence-electron chi connectivity index (χ3n) is 14.4. The van der Waals surface area contributed by atoms with Gasteiger partial charge in [0.25, 0.3) is 0 Å². The van der Waals surface area contributed by atoms with Crippen LogP contribution in [0.3, 0.4) is 0 Å². The Morgan fingerprint density at radius 3 is 1.84 bits per heavy atom. The zero-order chi connectivity index (χ0) is 49.1. The fourth-order valence-corrected chi connectivity index (χ4v) is 14.5. The van der Waals surface area contributed by atoms with Gasteiger partial charge < -0.3 is 52.7 Å². The Hall–Kier alpha value is -1.72. The zero-order valence-corrected chi connectivity index (χ0v) is 43.6. The summed E-state index contributed by atoms with van der Waals surface area (Å²) in [4.78, 5) is 24.1. The normalized spacial score (nSPS) is 41.6. The fourth-order valence-electron chi connectivity index (χ4n) is 11.7. The van der Waals surface area contributed by atoms with E-state index in [0.717, 1.165) is 24.0 Å². The molecule has 0 bridgehead atoms. The third kappa shape index (κ3) is 9.20. The highest BCUT2D eigenvalue weighted by atomic mass is 35.5. The van der Waals surface area contributed by atoms with Crippen LogP contribution < -0.4 is 0 Å². The van der Waals surface area contributed by atoms with Crippen LogP contribution in [0, 0.1) is 22.7 Å². The Labute approximate surface area is 408 Å². The Kier molecular flexibility index (Phi) is 13.8. The second kappa shape index (κ2) is 18.3. The van der Waals surface area contributed by atoms with Gasteiger partial charge in [0.2, 0.25) is 5.28 Å². The number of imidazole rings is 1. The lowest BCUT2D eigenvalue weighted by molar-refractivity contribution is -0.166. The second-order valence-corrected chi connectivity index (χ2v) is 23.7. The highest BCUT2D eigenvalue weighted by Gasteiger charge is 2.77. The molecule has 0 radical (unpaired) electrons. The lowest BCUT2D eigenvalue weighted by atomic mass is 10.0. The van der Waals surface area contributed by atoms with Gasteiger partial charge in [-0.3, -0.25) is 23.1 Å². The molecule has 19 nitrogen and oxygen atoms in total. The minimum absolute atomic E-state index is 0.00388. The number of rotatable bonds is 9. The third-order valence-corrected chi connectivity index (χ3v) is 17.3. The molecule has 25 heteroatoms. The number of hydrogen-bond donors (Lipinski definition) is 2. The van der Waals surface area contributed by atoms with Gasteiger partial charge in [0, 0.05) is 23.2 Å². The maximum absolute atomic E-state index is 11.4. The maximum atomic E-state index is 11.4. The average molecular weight is 1060 g/mol. The number of hydrogen-bond acceptors (Lipinski definition) is 18. The number of carbonyl (C=O) groups is 1. The summed E-state index contributed by atoms with van der Waals surface area (Å²) in [6, 6.07) is -0.0134. The fraction of sp³-hybridized carbons (Fsp3) is 0.767. The molecule has 2 aromatic heterocycles. The van der Waals surface area contributed by atoms with Gasteiger partial charge >= 0.3 is 0 Å². The molecule has 6 aliphatic carbocycles. The molecule has 15 atom stereocenters. The van der Waals surface area contributed by atoms with Crippen LogP contribution >= 0.6 is 57.0 Å². The van der Waals surface area contributed by atoms with Gasteiger partial charge in [-0.1, -0.05) is 17.7 Å². The van der Waals surface area contributed by atoms with Crippen LogP contribution in [-0.2, 0) is 60.9 Å². The summed E-state index contributed by atoms with van der Waals surface area (Å²) in [5, 5.41) is 20.0. The van der Waals surface area contributed by atoms with E-state index in [-0.39, 0.29) is 116 Å². The van der Waals surface area contributed by atoms with Crippen molar-refractivity contribution in [1.82, 2.24) is 19.5 Å². The molecule has 2 aromatic rings. The Balaban J connectivity index is 0.000000118. The van der Waals surface area contributed by atoms with E-state index in [0.29, 0.717) is 41.7 Å². The molecule has 8 fully saturated rings. The first kappa shape index (κ1) is 51.2. The standard InChI is InChI=1S/C15H15Cl2N4O3P.C10H15O4P.C9H13O4P.C9H11O4P/c1-14(2)23-9-8(6-3-15(6,4-25-22)10(9)24-14)21-5-18-7-11(16)19-13(17)20-12(7)21;1-9(2)13-7-6(11)5-3-10(5,4-15-12)8(7)14-9;2*1-9(2)12-7-5(4-14-11)3-6(10)8(7)13-9/h5-6,8-10H,3-4H2,1-2H3;5-8,11H,3-4H2,1-2H3;3,6-8,10H,4H2,1-2H3;3,7-8H,4H2,1-2H3/t6-,8-,9-,10?,15+;5-,6+,7+,8+,10+;6-,7+,8-;7-,8+/m1101/s1. The summed E-state index contributed by atoms with van der Waals surface area (Å²) in [5.41, 5.74) is 2.53. The molecule has 2 N–H and O–H groups in total. The topological polar surface area (TPSA) is 243 Å². The van der Waals surface area contributed by atoms with Gasteiger partial charge in [-0.25, -0.2) is 9.97 Å². The van der Waals surface area contributed by atoms with Crippen LogP contribution in [-0.4, -0.2) is 144 Å². The van der Waals surface area contributed by atoms with E-state index < -0.39 is 41.5 Å². The van der Waals surface area contributed by atoms with Crippen LogP contribution in [0.25, 0.3) is 11.2 Å². The summed E-state index contributed by atoms with van der Waals surface area (Å²) < 4.78 is 91.1. The molecule has 10 aliphatic rings. The first-order valence-electron chi connectivity index (χ1n) is 22.4. The first-order chi connectivity index (χ1) is 31.9. The van der Waals surface area contributed by atoms with E-state index in [4.69, 9.17) is 61.1 Å². The first-order valence-corrected chi connectivity index (χ1v) is 27.1. The van der Waals surface area contributed by atoms with Crippen molar-refractivity contribution in [2.75, 3.05) is 24.6 Å². The van der Waals surface area contributed by atoms with E-state index in [1.807, 2.05) is 46.1 Å². The minimum atomic E-state index is -0.718. The monoisotopic (exact) mass is 1060 g/mol. The van der Waals surface area contributed by atoms with Crippen molar-refractivity contribution in [2.24, 2.45) is 22.7 Å². The van der Waals surface area contributed by atoms with Crippen LogP contribution in [0.15, 0.2) is 29.6 Å². The van der Waals surface area contributed by atoms with Gasteiger partial charge in [-0.2, -0.15) is 4.98 Å². The van der Waals surface area contributed by atoms with E-state index >= 15 is 0 Å². The molecule has 0 amide bonds. The van der Waals surface area contributed by atoms with E-state index in [2.05, 4.69) is 15.0 Å². The smallest absolute Gasteiger partial charge is 0.225 e. The molecule has 4 saturated carbocycles. The van der Waals surface area contributed by atoms with Gasteiger partial charge in [0.05, 0.1) is 43.0 Å². The largest absolute Gasteiger partial charge is 0.390 e. The second-order valence-electron chi connectivity index (χ2n) is 20.7. The molecule has 68 heavy (non-hydrogen) atoms. The molecular weight excluding hydrogens is 1010 g/mol. The zero-order valence-electron chi connectivity index (χ0n) is 38.5. The number of aromatic nitrogens is 4. The molecule has 1 unspecified atom stereocenters. The van der Waals surface area contributed by atoms with Crippen molar-refractivity contribution >= 4 is 74.0 Å². The molecule has 0 spiro atoms. The summed E-state index contributed by atoms with van der Waals surface area (Å²) in [6.45, 7) is 14.7. The van der Waals surface area contributed by atoms with Gasteiger partial charge in [-0.15, -0.1) is 0 Å². The van der Waals surface area contributed by atoms with E-state index in [1.54, 1.807) is 26.3 Å².